The van der Waals surface area contributed by atoms with Crippen molar-refractivity contribution < 1.29 is 14.7 Å². The highest BCUT2D eigenvalue weighted by molar-refractivity contribution is 7.16. The molecule has 2 heterocycles. The number of thiazole rings is 1. The molecule has 8 heteroatoms. The van der Waals surface area contributed by atoms with Gasteiger partial charge in [-0.1, -0.05) is 0 Å². The number of carbonyl (C=O) groups is 2. The number of aliphatic hydroxyl groups is 1. The molecule has 7 nitrogen and oxygen atoms in total. The molecule has 2 amide bonds. The molecule has 0 saturated carbocycles. The summed E-state index contributed by atoms with van der Waals surface area (Å²) in [6.45, 7) is 1.72. The van der Waals surface area contributed by atoms with Crippen molar-refractivity contribution in [3.63, 3.8) is 0 Å². The number of fused-ring (bicyclic) bond motifs is 1. The summed E-state index contributed by atoms with van der Waals surface area (Å²) in [5, 5.41) is 11.7. The van der Waals surface area contributed by atoms with E-state index in [4.69, 9.17) is 5.11 Å². The van der Waals surface area contributed by atoms with Gasteiger partial charge < -0.3 is 14.9 Å². The molecular formula is C12H18N4O3S. The highest BCUT2D eigenvalue weighted by Gasteiger charge is 2.22. The van der Waals surface area contributed by atoms with Crippen molar-refractivity contribution in [2.75, 3.05) is 39.1 Å². The monoisotopic (exact) mass is 298 g/mol. The molecule has 110 valence electrons. The second kappa shape index (κ2) is 6.29. The third-order valence-corrected chi connectivity index (χ3v) is 4.12. The number of likely N-dealkylation sites (N-methyl/N-ethyl adjacent to an activating group) is 2. The van der Waals surface area contributed by atoms with Crippen molar-refractivity contribution in [2.24, 2.45) is 0 Å². The normalized spacial score (nSPS) is 14.8. The number of carbonyl (C=O) groups excluding carboxylic acids is 2. The van der Waals surface area contributed by atoms with Gasteiger partial charge in [0.1, 0.15) is 0 Å². The number of hydrogen-bond acceptors (Lipinski definition) is 6. The lowest BCUT2D eigenvalue weighted by atomic mass is 10.2. The average Bonchev–Trinajstić information content (AvgIpc) is 2.79. The Bertz CT molecular complexity index is 517. The molecule has 2 N–H and O–H groups in total. The zero-order chi connectivity index (χ0) is 14.7. The second-order valence-corrected chi connectivity index (χ2v) is 5.86. The van der Waals surface area contributed by atoms with Crippen LogP contribution in [0, 0.1) is 0 Å². The lowest BCUT2D eigenvalue weighted by Crippen LogP contribution is -2.38. The van der Waals surface area contributed by atoms with Gasteiger partial charge in [-0.15, -0.1) is 11.3 Å². The molecule has 0 atom stereocenters. The molecule has 0 bridgehead atoms. The van der Waals surface area contributed by atoms with Gasteiger partial charge in [0, 0.05) is 38.0 Å². The van der Waals surface area contributed by atoms with Gasteiger partial charge in [-0.05, 0) is 7.05 Å². The van der Waals surface area contributed by atoms with E-state index < -0.39 is 11.8 Å². The summed E-state index contributed by atoms with van der Waals surface area (Å²) >= 11 is 1.41. The van der Waals surface area contributed by atoms with Gasteiger partial charge in [-0.2, -0.15) is 0 Å². The fraction of sp³-hybridized carbons (Fsp3) is 0.583. The summed E-state index contributed by atoms with van der Waals surface area (Å²) in [6, 6.07) is 0. The summed E-state index contributed by atoms with van der Waals surface area (Å²) in [7, 11) is 3.51. The van der Waals surface area contributed by atoms with E-state index in [1.807, 2.05) is 7.05 Å². The number of nitrogens with zero attached hydrogens (tertiary/aromatic N) is 3. The van der Waals surface area contributed by atoms with Crippen LogP contribution in [-0.4, -0.2) is 65.5 Å². The van der Waals surface area contributed by atoms with Crippen LogP contribution in [0.5, 0.6) is 0 Å². The van der Waals surface area contributed by atoms with E-state index in [0.29, 0.717) is 5.13 Å². The van der Waals surface area contributed by atoms with Crippen molar-refractivity contribution >= 4 is 28.3 Å². The van der Waals surface area contributed by atoms with E-state index in [1.165, 1.54) is 23.3 Å². The maximum atomic E-state index is 11.8. The predicted molar refractivity (Wildman–Crippen MR) is 75.5 cm³/mol. The molecule has 0 unspecified atom stereocenters. The highest BCUT2D eigenvalue weighted by Crippen LogP contribution is 2.27. The van der Waals surface area contributed by atoms with Crippen LogP contribution in [0.1, 0.15) is 10.6 Å². The third-order valence-electron chi connectivity index (χ3n) is 3.12. The largest absolute Gasteiger partial charge is 0.395 e. The maximum Gasteiger partial charge on any atom is 0.315 e. The second-order valence-electron chi connectivity index (χ2n) is 4.78. The third kappa shape index (κ3) is 3.33. The Labute approximate surface area is 121 Å². The maximum absolute atomic E-state index is 11.8. The van der Waals surface area contributed by atoms with Crippen molar-refractivity contribution in [3.05, 3.63) is 10.6 Å². The molecule has 0 fully saturated rings. The summed E-state index contributed by atoms with van der Waals surface area (Å²) in [4.78, 5) is 32.3. The van der Waals surface area contributed by atoms with E-state index in [-0.39, 0.29) is 13.2 Å². The van der Waals surface area contributed by atoms with Crippen LogP contribution in [-0.2, 0) is 22.6 Å². The molecule has 0 aromatic carbocycles. The number of aromatic nitrogens is 1. The minimum absolute atomic E-state index is 0.130. The Morgan fingerprint density at radius 1 is 1.55 bits per heavy atom. The molecule has 1 aliphatic heterocycles. The van der Waals surface area contributed by atoms with Crippen molar-refractivity contribution in [1.29, 1.82) is 0 Å². The average molecular weight is 298 g/mol. The van der Waals surface area contributed by atoms with Gasteiger partial charge >= 0.3 is 11.8 Å². The van der Waals surface area contributed by atoms with Crippen LogP contribution in [0.2, 0.25) is 0 Å². The Kier molecular flexibility index (Phi) is 4.69. The summed E-state index contributed by atoms with van der Waals surface area (Å²) < 4.78 is 0. The van der Waals surface area contributed by atoms with E-state index in [0.717, 1.165) is 30.1 Å². The standard InChI is InChI=1S/C12H18N4O3S/c1-15-4-3-8-9(7-15)20-12(13-8)14-10(18)11(19)16(2)5-6-17/h17H,3-7H2,1-2H3,(H,13,14,18). The molecule has 0 aliphatic carbocycles. The first-order valence-electron chi connectivity index (χ1n) is 6.35. The number of aliphatic hydroxyl groups excluding tert-OH is 1. The molecule has 0 spiro atoms. The molecule has 0 saturated heterocycles. The van der Waals surface area contributed by atoms with Crippen LogP contribution in [0.4, 0.5) is 5.13 Å². The zero-order valence-electron chi connectivity index (χ0n) is 11.5. The van der Waals surface area contributed by atoms with Gasteiger partial charge in [-0.25, -0.2) is 4.98 Å². The number of amides is 2. The van der Waals surface area contributed by atoms with E-state index in [2.05, 4.69) is 15.2 Å². The van der Waals surface area contributed by atoms with E-state index in [1.54, 1.807) is 0 Å². The Balaban J connectivity index is 2.00. The summed E-state index contributed by atoms with van der Waals surface area (Å²) in [6.07, 6.45) is 0.858. The molecule has 1 aromatic heterocycles. The number of anilines is 1. The predicted octanol–water partition coefficient (Wildman–Crippen LogP) is -0.480. The Morgan fingerprint density at radius 3 is 3.00 bits per heavy atom. The van der Waals surface area contributed by atoms with Crippen LogP contribution >= 0.6 is 11.3 Å². The molecule has 1 aliphatic rings. The van der Waals surface area contributed by atoms with E-state index in [9.17, 15) is 9.59 Å². The van der Waals surface area contributed by atoms with Crippen LogP contribution in [0.3, 0.4) is 0 Å². The minimum atomic E-state index is -0.722. The highest BCUT2D eigenvalue weighted by atomic mass is 32.1. The first-order valence-corrected chi connectivity index (χ1v) is 7.17. The smallest absolute Gasteiger partial charge is 0.315 e. The number of hydrogen-bond donors (Lipinski definition) is 2. The van der Waals surface area contributed by atoms with Gasteiger partial charge in [0.25, 0.3) is 0 Å². The van der Waals surface area contributed by atoms with Gasteiger partial charge in [0.05, 0.1) is 12.3 Å². The summed E-state index contributed by atoms with van der Waals surface area (Å²) in [5.74, 6) is -1.40. The lowest BCUT2D eigenvalue weighted by Gasteiger charge is -2.20. The van der Waals surface area contributed by atoms with Crippen LogP contribution in [0.15, 0.2) is 0 Å². The van der Waals surface area contributed by atoms with Gasteiger partial charge in [0.15, 0.2) is 5.13 Å². The minimum Gasteiger partial charge on any atom is -0.395 e. The fourth-order valence-electron chi connectivity index (χ4n) is 1.95. The fourth-order valence-corrected chi connectivity index (χ4v) is 3.04. The summed E-state index contributed by atoms with van der Waals surface area (Å²) in [5.41, 5.74) is 1.000. The Hall–Kier alpha value is -1.51. The number of nitrogens with one attached hydrogen (secondary N) is 1. The van der Waals surface area contributed by atoms with Crippen LogP contribution in [0.25, 0.3) is 0 Å². The van der Waals surface area contributed by atoms with Gasteiger partial charge in [-0.3, -0.25) is 14.9 Å². The SMILES string of the molecule is CN1CCc2nc(NC(=O)C(=O)N(C)CCO)sc2C1. The van der Waals surface area contributed by atoms with E-state index >= 15 is 0 Å². The number of rotatable bonds is 3. The molecule has 1 aromatic rings. The van der Waals surface area contributed by atoms with Crippen molar-refractivity contribution in [3.8, 4) is 0 Å². The first kappa shape index (κ1) is 14.9. The van der Waals surface area contributed by atoms with Crippen molar-refractivity contribution in [2.45, 2.75) is 13.0 Å². The van der Waals surface area contributed by atoms with Gasteiger partial charge in [0.2, 0.25) is 0 Å². The zero-order valence-corrected chi connectivity index (χ0v) is 12.4. The first-order chi connectivity index (χ1) is 9.51. The molecule has 20 heavy (non-hydrogen) atoms. The Morgan fingerprint density at radius 2 is 2.30 bits per heavy atom. The van der Waals surface area contributed by atoms with Crippen molar-refractivity contribution in [1.82, 2.24) is 14.8 Å². The molecular weight excluding hydrogens is 280 g/mol. The lowest BCUT2D eigenvalue weighted by molar-refractivity contribution is -0.142. The molecule has 0 radical (unpaired) electrons. The van der Waals surface area contributed by atoms with Crippen LogP contribution < -0.4 is 5.32 Å². The molecule has 2 rings (SSSR count). The topological polar surface area (TPSA) is 85.8 Å². The quantitative estimate of drug-likeness (QED) is 0.736.